The van der Waals surface area contributed by atoms with Crippen LogP contribution >= 0.6 is 0 Å². The molecule has 1 saturated heterocycles. The van der Waals surface area contributed by atoms with Crippen LogP contribution in [0.25, 0.3) is 11.1 Å². The number of nitrogens with zero attached hydrogens (tertiary/aromatic N) is 2. The minimum atomic E-state index is -2.88. The van der Waals surface area contributed by atoms with E-state index in [0.29, 0.717) is 64.8 Å². The lowest BCUT2D eigenvalue weighted by Gasteiger charge is -2.35. The second kappa shape index (κ2) is 39.5. The fourth-order valence-electron chi connectivity index (χ4n) is 7.39. The number of nitrogens with one attached hydrogen (secondary N) is 3. The zero-order valence-electron chi connectivity index (χ0n) is 51.9. The molecule has 0 spiro atoms. The molecule has 2 heterocycles. The van der Waals surface area contributed by atoms with Crippen LogP contribution in [0.15, 0.2) is 96.0 Å². The highest BCUT2D eigenvalue weighted by atomic mass is 32.2. The van der Waals surface area contributed by atoms with Crippen LogP contribution in [0.3, 0.4) is 0 Å². The maximum absolute atomic E-state index is 13.3. The zero-order chi connectivity index (χ0) is 63.1. The molecule has 20 heteroatoms. The maximum atomic E-state index is 13.3. The van der Waals surface area contributed by atoms with Gasteiger partial charge in [-0.05, 0) is 121 Å². The molecule has 474 valence electrons. The molecule has 2 atom stereocenters. The average molecular weight is 1210 g/mol. The van der Waals surface area contributed by atoms with E-state index >= 15 is 0 Å². The van der Waals surface area contributed by atoms with Gasteiger partial charge in [0, 0.05) is 93.5 Å². The van der Waals surface area contributed by atoms with E-state index in [-0.39, 0.29) is 54.8 Å². The molecule has 0 bridgehead atoms. The van der Waals surface area contributed by atoms with Crippen LogP contribution in [0, 0.1) is 18.8 Å². The summed E-state index contributed by atoms with van der Waals surface area (Å²) in [7, 11) is -1.34. The zero-order valence-corrected chi connectivity index (χ0v) is 52.7. The van der Waals surface area contributed by atoms with E-state index in [4.69, 9.17) is 23.7 Å². The minimum absolute atomic E-state index is 0. The van der Waals surface area contributed by atoms with Gasteiger partial charge in [-0.25, -0.2) is 36.3 Å². The first-order valence-electron chi connectivity index (χ1n) is 28.3. The molecule has 4 aromatic rings. The van der Waals surface area contributed by atoms with Crippen molar-refractivity contribution in [3.8, 4) is 17.0 Å². The largest absolute Gasteiger partial charge is 0.472 e. The molecule has 1 fully saturated rings. The van der Waals surface area contributed by atoms with Crippen molar-refractivity contribution in [3.05, 3.63) is 113 Å². The number of ether oxygens (including phenoxy) is 5. The number of alkyl halides is 4. The highest BCUT2D eigenvalue weighted by molar-refractivity contribution is 7.99. The normalized spacial score (nSPS) is 13.5. The van der Waals surface area contributed by atoms with Crippen molar-refractivity contribution in [3.63, 3.8) is 0 Å². The Morgan fingerprint density at radius 3 is 1.85 bits per heavy atom. The summed E-state index contributed by atoms with van der Waals surface area (Å²) in [5.41, 5.74) is 2.67. The van der Waals surface area contributed by atoms with Crippen LogP contribution in [0.5, 0.6) is 5.88 Å². The van der Waals surface area contributed by atoms with E-state index in [1.54, 1.807) is 62.4 Å². The first-order chi connectivity index (χ1) is 38.7. The summed E-state index contributed by atoms with van der Waals surface area (Å²) in [5.74, 6) is -1.08. The number of carbonyl (C=O) groups is 4. The van der Waals surface area contributed by atoms with Gasteiger partial charge in [0.05, 0.1) is 47.6 Å². The molecule has 1 aromatic heterocycles. The first kappa shape index (κ1) is 77.9. The van der Waals surface area contributed by atoms with Crippen molar-refractivity contribution in [2.45, 2.75) is 184 Å². The third-order valence-electron chi connectivity index (χ3n) is 11.7. The van der Waals surface area contributed by atoms with Gasteiger partial charge in [0.15, 0.2) is 0 Å². The van der Waals surface area contributed by atoms with Crippen LogP contribution in [0.2, 0.25) is 0 Å². The number of esters is 2. The van der Waals surface area contributed by atoms with Gasteiger partial charge in [-0.2, -0.15) is 0 Å². The van der Waals surface area contributed by atoms with Crippen molar-refractivity contribution < 1.29 is 64.6 Å². The second-order valence-corrected chi connectivity index (χ2v) is 23.9. The van der Waals surface area contributed by atoms with Gasteiger partial charge in [-0.1, -0.05) is 102 Å². The first-order valence-corrected chi connectivity index (χ1v) is 30.0. The molecule has 3 amide bonds. The van der Waals surface area contributed by atoms with E-state index < -0.39 is 33.6 Å². The van der Waals surface area contributed by atoms with Crippen molar-refractivity contribution in [2.24, 2.45) is 11.8 Å². The van der Waals surface area contributed by atoms with E-state index in [0.717, 1.165) is 71.3 Å². The summed E-state index contributed by atoms with van der Waals surface area (Å²) < 4.78 is 93.2. The number of aryl methyl sites for hydroxylation is 1. The van der Waals surface area contributed by atoms with E-state index in [9.17, 15) is 40.9 Å². The number of pyridine rings is 1. The summed E-state index contributed by atoms with van der Waals surface area (Å²) in [6, 6.07) is 22.8. The number of carbonyl (C=O) groups excluding carboxylic acids is 4. The third kappa shape index (κ3) is 33.4. The molecule has 5 rings (SSSR count). The van der Waals surface area contributed by atoms with Crippen molar-refractivity contribution in [2.75, 3.05) is 46.6 Å². The van der Waals surface area contributed by atoms with Gasteiger partial charge in [-0.3, -0.25) is 19.2 Å². The van der Waals surface area contributed by atoms with Crippen LogP contribution in [0.4, 0.5) is 22.4 Å². The molecule has 0 aliphatic carbocycles. The molecule has 0 saturated carbocycles. The number of methoxy groups -OCH3 is 1. The highest BCUT2D eigenvalue weighted by Gasteiger charge is 2.26. The van der Waals surface area contributed by atoms with Gasteiger partial charge >= 0.3 is 18.0 Å². The van der Waals surface area contributed by atoms with Gasteiger partial charge in [-0.15, -0.1) is 0 Å². The van der Waals surface area contributed by atoms with Crippen molar-refractivity contribution in [1.29, 1.82) is 0 Å². The quantitative estimate of drug-likeness (QED) is 0.0385. The lowest BCUT2D eigenvalue weighted by atomic mass is 9.97. The number of halogens is 4. The maximum Gasteiger partial charge on any atom is 0.339 e. The lowest BCUT2D eigenvalue weighted by Crippen LogP contribution is -2.42. The Labute approximate surface area is 500 Å². The molecule has 1 aliphatic rings. The van der Waals surface area contributed by atoms with Crippen LogP contribution in [-0.2, 0) is 50.1 Å². The Bertz CT molecular complexity index is 2600. The number of urea groups is 1. The molecular formula is C64H99F4N5O10S. The third-order valence-corrected chi connectivity index (χ3v) is 13.2. The minimum Gasteiger partial charge on any atom is -0.472 e. The van der Waals surface area contributed by atoms with Crippen molar-refractivity contribution >= 4 is 39.5 Å². The summed E-state index contributed by atoms with van der Waals surface area (Å²) in [6.45, 7) is 31.8. The number of aromatic nitrogens is 1. The van der Waals surface area contributed by atoms with Gasteiger partial charge in [0.2, 0.25) is 11.8 Å². The van der Waals surface area contributed by atoms with Crippen LogP contribution in [-0.4, -0.2) is 121 Å². The fraction of sp³-hybridized carbons (Fsp3) is 0.562. The number of hydrogen-bond acceptors (Lipinski definition) is 12. The number of hydrogen-bond donors (Lipinski definition) is 3. The number of amides is 3. The smallest absolute Gasteiger partial charge is 0.339 e. The molecular weight excluding hydrogens is 1110 g/mol. The second-order valence-electron chi connectivity index (χ2n) is 21.9. The molecule has 0 radical (unpaired) electrons. The number of benzene rings is 3. The Balaban J connectivity index is 0.00000104. The van der Waals surface area contributed by atoms with E-state index in [1.165, 1.54) is 31.4 Å². The summed E-state index contributed by atoms with van der Waals surface area (Å²) in [4.78, 5) is 52.2. The SMILES string of the molecule is C.C=S(=O)(NC(=O)NC(C)C)c1ccc(C)cc1.CC(C)OC(=O)c1ccccc1-c1ccc(C(C)(F)F)cc1.CC(C)OCC(C)Oc1ccc(C(C)(F)F)cn1.CCC(=O)NCC(C)C.COC(=O)CCN(CC(C)C)C1CCOCC1. The van der Waals surface area contributed by atoms with Crippen LogP contribution < -0.4 is 20.1 Å². The molecule has 2 unspecified atom stereocenters. The topological polar surface area (TPSA) is 184 Å². The molecule has 15 nitrogen and oxygen atoms in total. The Morgan fingerprint density at radius 1 is 0.798 bits per heavy atom. The highest BCUT2D eigenvalue weighted by Crippen LogP contribution is 2.31. The summed E-state index contributed by atoms with van der Waals surface area (Å²) in [6.07, 6.45) is 4.10. The predicted molar refractivity (Wildman–Crippen MR) is 330 cm³/mol. The number of rotatable bonds is 22. The average Bonchev–Trinajstić information content (AvgIpc) is 3.61. The van der Waals surface area contributed by atoms with Gasteiger partial charge < -0.3 is 34.3 Å². The molecule has 3 aromatic carbocycles. The van der Waals surface area contributed by atoms with E-state index in [1.807, 2.05) is 60.6 Å². The standard InChI is InChI=1S/C18H18F2O2.C13H19F2NO2.C13H25NO3.C12H18N2O2S.C7H15NO.CH4/c1-12(2)22-17(21)16-7-5-4-6-15(16)13-8-10-14(11-9-13)18(3,19)20;1-9(2)17-8-10(3)18-12-6-5-11(7-16-12)13(4,14)15;1-11(2)10-14(7-4-13(15)16-3)12-5-8-17-9-6-12;1-9(2)13-12(15)14-17(4,16)11-7-5-10(3)6-8-11;1-4-7(9)8-5-6(2)3;/h4-12H,1-3H3;5-7,9-10H,8H2,1-4H3;11-12H,4-10H2,1-3H3;5-9H,4H2,1-3H3,(H2,13,14,15,16);6H,4-5H2,1-3H3,(H,8,9);1H4. The summed E-state index contributed by atoms with van der Waals surface area (Å²) in [5, 5.41) is 5.40. The lowest BCUT2D eigenvalue weighted by molar-refractivity contribution is -0.141. The molecule has 84 heavy (non-hydrogen) atoms. The Hall–Kier alpha value is -6.09. The Morgan fingerprint density at radius 2 is 1.37 bits per heavy atom. The van der Waals surface area contributed by atoms with Crippen LogP contribution in [0.1, 0.15) is 157 Å². The van der Waals surface area contributed by atoms with Gasteiger partial charge in [0.25, 0.3) is 11.8 Å². The summed E-state index contributed by atoms with van der Waals surface area (Å²) >= 11 is 0. The molecule has 3 N–H and O–H groups in total. The Kier molecular flexibility index (Phi) is 36.6. The van der Waals surface area contributed by atoms with Gasteiger partial charge in [0.1, 0.15) is 6.10 Å². The fourth-order valence-corrected chi connectivity index (χ4v) is 8.44. The van der Waals surface area contributed by atoms with Crippen molar-refractivity contribution in [1.82, 2.24) is 25.2 Å². The predicted octanol–water partition coefficient (Wildman–Crippen LogP) is 13.6. The van der Waals surface area contributed by atoms with E-state index in [2.05, 4.69) is 58.8 Å². The molecule has 1 aliphatic heterocycles. The monoisotopic (exact) mass is 1210 g/mol.